The SMILES string of the molecule is O=C(COC(=O)c1c2c(nc3ccccc13)CCC2)Nc1nc(-c2cccc3ccccc23)cs1. The van der Waals surface area contributed by atoms with Gasteiger partial charge in [-0.05, 0) is 41.7 Å². The van der Waals surface area contributed by atoms with Crippen molar-refractivity contribution < 1.29 is 14.3 Å². The number of rotatable bonds is 5. The van der Waals surface area contributed by atoms with E-state index in [-0.39, 0.29) is 6.61 Å². The van der Waals surface area contributed by atoms with Crippen molar-refractivity contribution in [3.63, 3.8) is 0 Å². The van der Waals surface area contributed by atoms with Crippen molar-refractivity contribution in [3.05, 3.63) is 88.9 Å². The quantitative estimate of drug-likeness (QED) is 0.323. The maximum Gasteiger partial charge on any atom is 0.339 e. The molecule has 0 unspecified atom stereocenters. The molecule has 0 bridgehead atoms. The Kier molecular flexibility index (Phi) is 5.47. The molecule has 1 N–H and O–H groups in total. The smallest absolute Gasteiger partial charge is 0.339 e. The number of amides is 1. The van der Waals surface area contributed by atoms with Crippen LogP contribution in [0.25, 0.3) is 32.9 Å². The number of thiazole rings is 1. The van der Waals surface area contributed by atoms with E-state index in [1.807, 2.05) is 53.9 Å². The predicted molar refractivity (Wildman–Crippen MR) is 138 cm³/mol. The number of carbonyl (C=O) groups is 2. The second-order valence-electron chi connectivity index (χ2n) is 8.47. The molecule has 6 nitrogen and oxygen atoms in total. The molecule has 2 aromatic heterocycles. The fourth-order valence-electron chi connectivity index (χ4n) is 4.71. The number of aromatic nitrogens is 2. The van der Waals surface area contributed by atoms with Crippen LogP contribution in [0.2, 0.25) is 0 Å². The van der Waals surface area contributed by atoms with Crippen LogP contribution in [0.4, 0.5) is 5.13 Å². The lowest BCUT2D eigenvalue weighted by Gasteiger charge is -2.12. The van der Waals surface area contributed by atoms with Crippen molar-refractivity contribution in [1.82, 2.24) is 9.97 Å². The fraction of sp³-hybridized carbons (Fsp3) is 0.143. The molecule has 5 aromatic rings. The lowest BCUT2D eigenvalue weighted by atomic mass is 10.0. The van der Waals surface area contributed by atoms with Gasteiger partial charge in [0, 0.05) is 22.0 Å². The van der Waals surface area contributed by atoms with Gasteiger partial charge in [-0.25, -0.2) is 9.78 Å². The molecule has 0 aliphatic heterocycles. The molecule has 3 aromatic carbocycles. The van der Waals surface area contributed by atoms with Crippen LogP contribution in [0.5, 0.6) is 0 Å². The molecule has 6 rings (SSSR count). The number of ether oxygens (including phenoxy) is 1. The standard InChI is InChI=1S/C28H21N3O3S/c32-25(31-28-30-24(16-35-28)19-11-5-8-17-7-1-2-9-18(17)19)15-34-27(33)26-20-10-3-4-13-22(20)29-23-14-6-12-21(23)26/h1-5,7-11,13,16H,6,12,14-15H2,(H,30,31,32). The van der Waals surface area contributed by atoms with E-state index in [4.69, 9.17) is 9.72 Å². The van der Waals surface area contributed by atoms with Crippen LogP contribution in [-0.2, 0) is 22.4 Å². The molecule has 0 fully saturated rings. The van der Waals surface area contributed by atoms with Gasteiger partial charge in [-0.15, -0.1) is 11.3 Å². The molecule has 35 heavy (non-hydrogen) atoms. The second-order valence-corrected chi connectivity index (χ2v) is 9.33. The van der Waals surface area contributed by atoms with Crippen LogP contribution in [0, 0.1) is 0 Å². The summed E-state index contributed by atoms with van der Waals surface area (Å²) in [6.07, 6.45) is 2.60. The van der Waals surface area contributed by atoms with Crippen molar-refractivity contribution in [2.24, 2.45) is 0 Å². The van der Waals surface area contributed by atoms with E-state index >= 15 is 0 Å². The number of carbonyl (C=O) groups excluding carboxylic acids is 2. The minimum atomic E-state index is -0.493. The van der Waals surface area contributed by atoms with E-state index in [1.54, 1.807) is 0 Å². The Balaban J connectivity index is 1.17. The van der Waals surface area contributed by atoms with Gasteiger partial charge in [-0.1, -0.05) is 60.7 Å². The molecule has 0 radical (unpaired) electrons. The number of anilines is 1. The highest BCUT2D eigenvalue weighted by molar-refractivity contribution is 7.14. The van der Waals surface area contributed by atoms with Gasteiger partial charge in [0.15, 0.2) is 11.7 Å². The first-order valence-electron chi connectivity index (χ1n) is 11.5. The molecule has 0 saturated carbocycles. The predicted octanol–water partition coefficient (Wildman–Crippen LogP) is 5.80. The Morgan fingerprint density at radius 3 is 2.63 bits per heavy atom. The first-order chi connectivity index (χ1) is 17.2. The van der Waals surface area contributed by atoms with Gasteiger partial charge < -0.3 is 4.74 Å². The van der Waals surface area contributed by atoms with Crippen LogP contribution in [-0.4, -0.2) is 28.5 Å². The molecule has 7 heteroatoms. The third-order valence-electron chi connectivity index (χ3n) is 6.27. The zero-order valence-electron chi connectivity index (χ0n) is 18.8. The maximum absolute atomic E-state index is 13.0. The van der Waals surface area contributed by atoms with Crippen LogP contribution >= 0.6 is 11.3 Å². The van der Waals surface area contributed by atoms with Crippen LogP contribution < -0.4 is 5.32 Å². The molecule has 172 valence electrons. The number of nitrogens with one attached hydrogen (secondary N) is 1. The number of aryl methyl sites for hydroxylation is 1. The molecular weight excluding hydrogens is 458 g/mol. The van der Waals surface area contributed by atoms with E-state index in [1.165, 1.54) is 11.3 Å². The number of hydrogen-bond donors (Lipinski definition) is 1. The van der Waals surface area contributed by atoms with Gasteiger partial charge in [-0.3, -0.25) is 15.1 Å². The van der Waals surface area contributed by atoms with Crippen LogP contribution in [0.3, 0.4) is 0 Å². The molecular formula is C28H21N3O3S. The minimum absolute atomic E-state index is 0.382. The van der Waals surface area contributed by atoms with E-state index in [9.17, 15) is 9.59 Å². The first-order valence-corrected chi connectivity index (χ1v) is 12.4. The van der Waals surface area contributed by atoms with Gasteiger partial charge in [0.1, 0.15) is 0 Å². The summed E-state index contributed by atoms with van der Waals surface area (Å²) in [5, 5.41) is 8.12. The normalized spacial score (nSPS) is 12.6. The molecule has 1 aliphatic carbocycles. The van der Waals surface area contributed by atoms with Gasteiger partial charge in [0.2, 0.25) is 0 Å². The van der Waals surface area contributed by atoms with Crippen molar-refractivity contribution in [3.8, 4) is 11.3 Å². The summed E-state index contributed by atoms with van der Waals surface area (Å²) in [5.41, 5.74) is 4.98. The summed E-state index contributed by atoms with van der Waals surface area (Å²) >= 11 is 1.34. The van der Waals surface area contributed by atoms with Crippen molar-refractivity contribution in [2.45, 2.75) is 19.3 Å². The number of benzene rings is 3. The molecule has 1 aliphatic rings. The van der Waals surface area contributed by atoms with Gasteiger partial charge >= 0.3 is 5.97 Å². The van der Waals surface area contributed by atoms with Crippen molar-refractivity contribution in [2.75, 3.05) is 11.9 Å². The largest absolute Gasteiger partial charge is 0.452 e. The molecule has 0 saturated heterocycles. The summed E-state index contributed by atoms with van der Waals surface area (Å²) in [5.74, 6) is -0.917. The first kappa shape index (κ1) is 21.4. The zero-order valence-corrected chi connectivity index (χ0v) is 19.6. The Hall–Kier alpha value is -4.10. The topological polar surface area (TPSA) is 81.2 Å². The highest BCUT2D eigenvalue weighted by Crippen LogP contribution is 2.32. The highest BCUT2D eigenvalue weighted by atomic mass is 32.1. The Morgan fingerprint density at radius 1 is 0.914 bits per heavy atom. The van der Waals surface area contributed by atoms with E-state index in [0.29, 0.717) is 10.7 Å². The second kappa shape index (κ2) is 8.92. The number of pyridine rings is 1. The van der Waals surface area contributed by atoms with Crippen LogP contribution in [0.15, 0.2) is 72.1 Å². The Labute approximate surface area is 205 Å². The van der Waals surface area contributed by atoms with E-state index < -0.39 is 11.9 Å². The van der Waals surface area contributed by atoms with Crippen LogP contribution in [0.1, 0.15) is 28.0 Å². The van der Waals surface area contributed by atoms with Crippen molar-refractivity contribution >= 4 is 50.0 Å². The van der Waals surface area contributed by atoms with Gasteiger partial charge in [0.05, 0.1) is 16.8 Å². The monoisotopic (exact) mass is 479 g/mol. The lowest BCUT2D eigenvalue weighted by molar-refractivity contribution is -0.119. The lowest BCUT2D eigenvalue weighted by Crippen LogP contribution is -2.21. The number of para-hydroxylation sites is 1. The average Bonchev–Trinajstić information content (AvgIpc) is 3.55. The molecule has 0 spiro atoms. The summed E-state index contributed by atoms with van der Waals surface area (Å²) in [6, 6.07) is 21.7. The summed E-state index contributed by atoms with van der Waals surface area (Å²) in [4.78, 5) is 34.9. The minimum Gasteiger partial charge on any atom is -0.452 e. The summed E-state index contributed by atoms with van der Waals surface area (Å²) in [7, 11) is 0. The third-order valence-corrected chi connectivity index (χ3v) is 7.03. The average molecular weight is 480 g/mol. The maximum atomic E-state index is 13.0. The van der Waals surface area contributed by atoms with E-state index in [0.717, 1.165) is 63.5 Å². The highest BCUT2D eigenvalue weighted by Gasteiger charge is 2.25. The number of esters is 1. The van der Waals surface area contributed by atoms with Gasteiger partial charge in [0.25, 0.3) is 5.91 Å². The van der Waals surface area contributed by atoms with Gasteiger partial charge in [-0.2, -0.15) is 0 Å². The van der Waals surface area contributed by atoms with E-state index in [2.05, 4.69) is 28.5 Å². The fourth-order valence-corrected chi connectivity index (χ4v) is 5.43. The number of fused-ring (bicyclic) bond motifs is 3. The molecule has 1 amide bonds. The van der Waals surface area contributed by atoms with Crippen molar-refractivity contribution in [1.29, 1.82) is 0 Å². The number of hydrogen-bond acceptors (Lipinski definition) is 6. The summed E-state index contributed by atoms with van der Waals surface area (Å²) < 4.78 is 5.44. The summed E-state index contributed by atoms with van der Waals surface area (Å²) in [6.45, 7) is -0.382. The Bertz CT molecular complexity index is 1600. The third kappa shape index (κ3) is 4.04. The zero-order chi connectivity index (χ0) is 23.8. The molecule has 0 atom stereocenters. The Morgan fingerprint density at radius 2 is 1.71 bits per heavy atom. The number of nitrogens with zero attached hydrogens (tertiary/aromatic N) is 2. The molecule has 2 heterocycles.